The number of carbonyl (C=O) groups is 3. The van der Waals surface area contributed by atoms with Gasteiger partial charge in [-0.2, -0.15) is 9.40 Å². The molecule has 212 valence electrons. The summed E-state index contributed by atoms with van der Waals surface area (Å²) < 4.78 is 39.5. The molecule has 1 aromatic carbocycles. The molecule has 1 saturated heterocycles. The number of esters is 1. The van der Waals surface area contributed by atoms with Crippen LogP contribution in [-0.2, 0) is 30.8 Å². The Labute approximate surface area is 231 Å². The quantitative estimate of drug-likeness (QED) is 0.226. The third-order valence-corrected chi connectivity index (χ3v) is 8.85. The molecule has 0 radical (unpaired) electrons. The number of aromatic nitrogens is 5. The first-order valence-corrected chi connectivity index (χ1v) is 14.0. The van der Waals surface area contributed by atoms with Gasteiger partial charge in [-0.1, -0.05) is 0 Å². The molecule has 6 rings (SSSR count). The van der Waals surface area contributed by atoms with Crippen LogP contribution in [0.2, 0.25) is 0 Å². The van der Waals surface area contributed by atoms with Crippen LogP contribution in [0.25, 0.3) is 21.9 Å². The molecule has 0 saturated carbocycles. The van der Waals surface area contributed by atoms with Gasteiger partial charge < -0.3 is 14.5 Å². The maximum atomic E-state index is 13.5. The molecule has 1 N–H and O–H groups in total. The van der Waals surface area contributed by atoms with E-state index in [2.05, 4.69) is 20.1 Å². The molecule has 15 nitrogen and oxygen atoms in total. The number of morpholine rings is 1. The number of nitrogens with zero attached hydrogens (tertiary/aromatic N) is 6. The van der Waals surface area contributed by atoms with E-state index in [4.69, 9.17) is 9.47 Å². The monoisotopic (exact) mass is 581 g/mol. The van der Waals surface area contributed by atoms with Gasteiger partial charge in [0.25, 0.3) is 17.4 Å². The van der Waals surface area contributed by atoms with Crippen LogP contribution in [0.15, 0.2) is 40.4 Å². The van der Waals surface area contributed by atoms with Crippen molar-refractivity contribution in [3.05, 3.63) is 57.9 Å². The second kappa shape index (κ2) is 10.1. The van der Waals surface area contributed by atoms with Gasteiger partial charge in [0.1, 0.15) is 18.5 Å². The van der Waals surface area contributed by atoms with E-state index in [1.165, 1.54) is 39.7 Å². The number of benzene rings is 1. The minimum absolute atomic E-state index is 0.0185. The fraction of sp³-hybridized carbons (Fsp3) is 0.320. The Morgan fingerprint density at radius 2 is 1.85 bits per heavy atom. The Balaban J connectivity index is 1.21. The van der Waals surface area contributed by atoms with E-state index in [1.807, 2.05) is 0 Å². The van der Waals surface area contributed by atoms with Gasteiger partial charge in [0.2, 0.25) is 10.0 Å². The molecule has 0 unspecified atom stereocenters. The van der Waals surface area contributed by atoms with Crippen molar-refractivity contribution in [2.24, 2.45) is 0 Å². The SMILES string of the molecule is Cc1nc2ccc(S(=O)(=O)N3CCOCC3)cc2c2c1C(=O)N(CCOC(=O)Cn1ncc3c(=O)[nH]cnc31)C2=O. The highest BCUT2D eigenvalue weighted by atomic mass is 32.2. The molecular formula is C25H23N7O8S. The molecule has 0 spiro atoms. The van der Waals surface area contributed by atoms with E-state index < -0.39 is 33.4 Å². The summed E-state index contributed by atoms with van der Waals surface area (Å²) >= 11 is 0. The zero-order valence-electron chi connectivity index (χ0n) is 21.7. The second-order valence-electron chi connectivity index (χ2n) is 9.40. The standard InChI is InChI=1S/C25H23N7O8S/c1-14-20-21(16-10-15(2-3-18(16)29-14)41(37,38)30-4-7-39-8-5-30)25(36)31(24(20)35)6-9-40-19(33)12-32-22-17(11-28-32)23(34)27-13-26-22/h2-3,10-11,13H,4-9,12H2,1H3,(H,26,27,34). The van der Waals surface area contributed by atoms with Crippen molar-refractivity contribution in [2.45, 2.75) is 18.4 Å². The Kier molecular flexibility index (Phi) is 6.59. The fourth-order valence-corrected chi connectivity index (χ4v) is 6.38. The van der Waals surface area contributed by atoms with E-state index in [0.29, 0.717) is 11.2 Å². The molecule has 5 heterocycles. The minimum Gasteiger partial charge on any atom is -0.462 e. The van der Waals surface area contributed by atoms with Gasteiger partial charge in [0.05, 0.1) is 59.5 Å². The van der Waals surface area contributed by atoms with Gasteiger partial charge in [0.15, 0.2) is 5.65 Å². The van der Waals surface area contributed by atoms with Gasteiger partial charge in [-0.15, -0.1) is 0 Å². The molecule has 1 fully saturated rings. The summed E-state index contributed by atoms with van der Waals surface area (Å²) in [4.78, 5) is 62.7. The number of pyridine rings is 1. The first kappa shape index (κ1) is 26.7. The molecule has 2 aliphatic rings. The molecule has 4 aromatic rings. The molecule has 0 aliphatic carbocycles. The van der Waals surface area contributed by atoms with E-state index >= 15 is 0 Å². The predicted octanol–water partition coefficient (Wildman–Crippen LogP) is -0.163. The average molecular weight is 582 g/mol. The lowest BCUT2D eigenvalue weighted by Gasteiger charge is -2.26. The van der Waals surface area contributed by atoms with Crippen molar-refractivity contribution in [2.75, 3.05) is 39.5 Å². The Hall–Kier alpha value is -4.54. The highest BCUT2D eigenvalue weighted by Crippen LogP contribution is 2.33. The van der Waals surface area contributed by atoms with Crippen LogP contribution in [0, 0.1) is 6.92 Å². The van der Waals surface area contributed by atoms with Crippen molar-refractivity contribution in [3.63, 3.8) is 0 Å². The Morgan fingerprint density at radius 3 is 2.63 bits per heavy atom. The molecule has 2 aliphatic heterocycles. The largest absolute Gasteiger partial charge is 0.462 e. The number of aryl methyl sites for hydroxylation is 1. The lowest BCUT2D eigenvalue weighted by Crippen LogP contribution is -2.40. The predicted molar refractivity (Wildman–Crippen MR) is 141 cm³/mol. The summed E-state index contributed by atoms with van der Waals surface area (Å²) in [7, 11) is -3.86. The summed E-state index contributed by atoms with van der Waals surface area (Å²) in [5.74, 6) is -1.97. The number of sulfonamides is 1. The zero-order valence-corrected chi connectivity index (χ0v) is 22.5. The number of carbonyl (C=O) groups excluding carboxylic acids is 3. The number of imide groups is 1. The number of hydrogen-bond donors (Lipinski definition) is 1. The first-order chi connectivity index (χ1) is 19.7. The molecule has 41 heavy (non-hydrogen) atoms. The molecule has 2 amide bonds. The Bertz CT molecular complexity index is 1910. The van der Waals surface area contributed by atoms with Crippen LogP contribution in [0.1, 0.15) is 26.4 Å². The van der Waals surface area contributed by atoms with Crippen molar-refractivity contribution in [1.29, 1.82) is 0 Å². The summed E-state index contributed by atoms with van der Waals surface area (Å²) in [5, 5.41) is 4.43. The average Bonchev–Trinajstić information content (AvgIpc) is 3.48. The molecule has 16 heteroatoms. The topological polar surface area (TPSA) is 187 Å². The number of fused-ring (bicyclic) bond motifs is 4. The number of amides is 2. The van der Waals surface area contributed by atoms with Crippen molar-refractivity contribution < 1.29 is 32.3 Å². The smallest absolute Gasteiger partial charge is 0.327 e. The number of ether oxygens (including phenoxy) is 2. The van der Waals surface area contributed by atoms with Crippen LogP contribution < -0.4 is 5.56 Å². The number of H-pyrrole nitrogens is 1. The van der Waals surface area contributed by atoms with Crippen LogP contribution in [0.5, 0.6) is 0 Å². The van der Waals surface area contributed by atoms with Gasteiger partial charge in [-0.25, -0.2) is 18.1 Å². The number of aromatic amines is 1. The third-order valence-electron chi connectivity index (χ3n) is 6.96. The highest BCUT2D eigenvalue weighted by Gasteiger charge is 2.39. The van der Waals surface area contributed by atoms with Crippen LogP contribution in [-0.4, -0.2) is 99.6 Å². The van der Waals surface area contributed by atoms with E-state index in [0.717, 1.165) is 4.90 Å². The normalized spacial score (nSPS) is 16.1. The van der Waals surface area contributed by atoms with E-state index in [1.54, 1.807) is 6.92 Å². The highest BCUT2D eigenvalue weighted by molar-refractivity contribution is 7.89. The molecule has 0 bridgehead atoms. The molecule has 3 aromatic heterocycles. The summed E-state index contributed by atoms with van der Waals surface area (Å²) in [6.45, 7) is 1.71. The maximum absolute atomic E-state index is 13.5. The minimum atomic E-state index is -3.86. The maximum Gasteiger partial charge on any atom is 0.327 e. The van der Waals surface area contributed by atoms with Crippen LogP contribution in [0.3, 0.4) is 0 Å². The number of hydrogen-bond acceptors (Lipinski definition) is 11. The van der Waals surface area contributed by atoms with Gasteiger partial charge >= 0.3 is 5.97 Å². The zero-order chi connectivity index (χ0) is 28.9. The molecule has 0 atom stereocenters. The first-order valence-electron chi connectivity index (χ1n) is 12.6. The summed E-state index contributed by atoms with van der Waals surface area (Å²) in [6.07, 6.45) is 2.48. The van der Waals surface area contributed by atoms with Crippen molar-refractivity contribution >= 4 is 49.7 Å². The lowest BCUT2D eigenvalue weighted by molar-refractivity contribution is -0.144. The molecular weight excluding hydrogens is 558 g/mol. The number of rotatable bonds is 7. The third kappa shape index (κ3) is 4.55. The van der Waals surface area contributed by atoms with Crippen LogP contribution >= 0.6 is 0 Å². The van der Waals surface area contributed by atoms with Gasteiger partial charge in [-0.3, -0.25) is 29.1 Å². The van der Waals surface area contributed by atoms with E-state index in [-0.39, 0.29) is 78.4 Å². The Morgan fingerprint density at radius 1 is 1.10 bits per heavy atom. The summed E-state index contributed by atoms with van der Waals surface area (Å²) in [6, 6.07) is 4.31. The fourth-order valence-electron chi connectivity index (χ4n) is 4.95. The van der Waals surface area contributed by atoms with E-state index in [9.17, 15) is 27.6 Å². The summed E-state index contributed by atoms with van der Waals surface area (Å²) in [5.41, 5.74) is 0.633. The number of nitrogens with one attached hydrogen (secondary N) is 1. The van der Waals surface area contributed by atoms with Gasteiger partial charge in [0, 0.05) is 18.5 Å². The van der Waals surface area contributed by atoms with Crippen LogP contribution in [0.4, 0.5) is 0 Å². The van der Waals surface area contributed by atoms with Gasteiger partial charge in [-0.05, 0) is 25.1 Å². The second-order valence-corrected chi connectivity index (χ2v) is 11.3. The lowest BCUT2D eigenvalue weighted by atomic mass is 10.0. The van der Waals surface area contributed by atoms with Crippen molar-refractivity contribution in [1.82, 2.24) is 33.9 Å². The van der Waals surface area contributed by atoms with Crippen molar-refractivity contribution in [3.8, 4) is 0 Å².